The summed E-state index contributed by atoms with van der Waals surface area (Å²) in [5.74, 6) is -1.86. The summed E-state index contributed by atoms with van der Waals surface area (Å²) < 4.78 is 35.4. The van der Waals surface area contributed by atoms with Crippen molar-refractivity contribution in [2.24, 2.45) is 0 Å². The van der Waals surface area contributed by atoms with Gasteiger partial charge in [-0.05, 0) is 44.0 Å². The molecule has 9 nitrogen and oxygen atoms in total. The molecule has 0 spiro atoms. The van der Waals surface area contributed by atoms with Crippen molar-refractivity contribution in [3.05, 3.63) is 29.3 Å². The molecule has 0 aromatic heterocycles. The Bertz CT molecular complexity index is 774. The molecule has 0 aliphatic carbocycles. The van der Waals surface area contributed by atoms with Gasteiger partial charge in [-0.2, -0.15) is 4.72 Å². The summed E-state index contributed by atoms with van der Waals surface area (Å²) in [5, 5.41) is 1.83. The van der Waals surface area contributed by atoms with Gasteiger partial charge in [0.1, 0.15) is 6.54 Å². The smallest absolute Gasteiger partial charge is 0.413 e. The maximum Gasteiger partial charge on any atom is 0.413 e. The van der Waals surface area contributed by atoms with Gasteiger partial charge < -0.3 is 9.47 Å². The molecule has 138 valence electrons. The zero-order valence-electron chi connectivity index (χ0n) is 14.3. The highest BCUT2D eigenvalue weighted by atomic mass is 32.2. The minimum absolute atomic E-state index is 0.0138. The van der Waals surface area contributed by atoms with Crippen molar-refractivity contribution in [2.75, 3.05) is 13.7 Å². The molecule has 0 bridgehead atoms. The molecule has 0 aliphatic heterocycles. The Hall–Kier alpha value is -2.46. The van der Waals surface area contributed by atoms with E-state index in [1.165, 1.54) is 19.1 Å². The van der Waals surface area contributed by atoms with Gasteiger partial charge in [-0.25, -0.2) is 13.2 Å². The molecular weight excluding hydrogens is 352 g/mol. The van der Waals surface area contributed by atoms with Crippen molar-refractivity contribution in [2.45, 2.75) is 31.8 Å². The Morgan fingerprint density at radius 2 is 1.80 bits per heavy atom. The van der Waals surface area contributed by atoms with Gasteiger partial charge in [0.25, 0.3) is 5.91 Å². The van der Waals surface area contributed by atoms with Crippen LogP contribution in [0, 0.1) is 13.8 Å². The second-order valence-corrected chi connectivity index (χ2v) is 6.95. The number of amides is 2. The summed E-state index contributed by atoms with van der Waals surface area (Å²) in [6, 6.07) is 4.55. The number of nitrogens with one attached hydrogen (secondary N) is 2. The summed E-state index contributed by atoms with van der Waals surface area (Å²) in [7, 11) is -2.83. The highest BCUT2D eigenvalue weighted by molar-refractivity contribution is 7.89. The van der Waals surface area contributed by atoms with Gasteiger partial charge in [0.2, 0.25) is 10.0 Å². The molecule has 0 saturated heterocycles. The first-order valence-corrected chi connectivity index (χ1v) is 8.70. The number of ether oxygens (including phenoxy) is 2. The van der Waals surface area contributed by atoms with Crippen LogP contribution in [-0.4, -0.2) is 46.1 Å². The average Bonchev–Trinajstić information content (AvgIpc) is 2.55. The van der Waals surface area contributed by atoms with Crippen LogP contribution >= 0.6 is 0 Å². The second-order valence-electron chi connectivity index (χ2n) is 5.18. The minimum atomic E-state index is -3.90. The van der Waals surface area contributed by atoms with Crippen LogP contribution in [0.25, 0.3) is 0 Å². The molecule has 0 heterocycles. The standard InChI is InChI=1S/C15H20N2O7S/c1-9-5-6-12(7-10(9)2)25(21,22)16-8-13(18)24-11(3)14(19)17-15(20)23-4/h5-7,11,16H,8H2,1-4H3,(H,17,19,20)/t11-/m1/s1. The Labute approximate surface area is 145 Å². The van der Waals surface area contributed by atoms with Crippen LogP contribution in [0.5, 0.6) is 0 Å². The maximum absolute atomic E-state index is 12.1. The van der Waals surface area contributed by atoms with Crippen molar-refractivity contribution in [3.8, 4) is 0 Å². The number of benzene rings is 1. The summed E-state index contributed by atoms with van der Waals surface area (Å²) in [4.78, 5) is 34.1. The number of imide groups is 1. The number of carbonyl (C=O) groups excluding carboxylic acids is 3. The van der Waals surface area contributed by atoms with E-state index in [9.17, 15) is 22.8 Å². The molecule has 2 N–H and O–H groups in total. The summed E-state index contributed by atoms with van der Waals surface area (Å²) in [6.07, 6.45) is -2.29. The first-order valence-electron chi connectivity index (χ1n) is 7.22. The van der Waals surface area contributed by atoms with Crippen LogP contribution < -0.4 is 10.0 Å². The second kappa shape index (κ2) is 8.58. The normalized spacial score (nSPS) is 12.2. The fourth-order valence-corrected chi connectivity index (χ4v) is 2.72. The molecule has 1 rings (SSSR count). The Morgan fingerprint density at radius 3 is 2.36 bits per heavy atom. The fourth-order valence-electron chi connectivity index (χ4n) is 1.66. The molecule has 0 radical (unpaired) electrons. The predicted octanol–water partition coefficient (Wildman–Crippen LogP) is 0.396. The number of hydrogen-bond donors (Lipinski definition) is 2. The molecular formula is C15H20N2O7S. The number of hydrogen-bond acceptors (Lipinski definition) is 7. The molecule has 25 heavy (non-hydrogen) atoms. The highest BCUT2D eigenvalue weighted by Gasteiger charge is 2.22. The van der Waals surface area contributed by atoms with E-state index in [4.69, 9.17) is 4.74 Å². The molecule has 0 saturated carbocycles. The number of aryl methyl sites for hydroxylation is 2. The van der Waals surface area contributed by atoms with Crippen LogP contribution in [-0.2, 0) is 29.1 Å². The van der Waals surface area contributed by atoms with Gasteiger partial charge in [0.05, 0.1) is 12.0 Å². The average molecular weight is 372 g/mol. The molecule has 1 aromatic carbocycles. The minimum Gasteiger partial charge on any atom is -0.453 e. The number of rotatable bonds is 6. The number of sulfonamides is 1. The predicted molar refractivity (Wildman–Crippen MR) is 87.2 cm³/mol. The number of esters is 1. The van der Waals surface area contributed by atoms with Crippen LogP contribution in [0.2, 0.25) is 0 Å². The lowest BCUT2D eigenvalue weighted by atomic mass is 10.1. The molecule has 10 heteroatoms. The quantitative estimate of drug-likeness (QED) is 0.692. The zero-order valence-corrected chi connectivity index (χ0v) is 15.1. The number of carbonyl (C=O) groups is 3. The van der Waals surface area contributed by atoms with Gasteiger partial charge in [0, 0.05) is 0 Å². The van der Waals surface area contributed by atoms with Crippen LogP contribution in [0.3, 0.4) is 0 Å². The van der Waals surface area contributed by atoms with Crippen molar-refractivity contribution in [3.63, 3.8) is 0 Å². The molecule has 0 unspecified atom stereocenters. The van der Waals surface area contributed by atoms with E-state index in [0.717, 1.165) is 18.2 Å². The van der Waals surface area contributed by atoms with Crippen LogP contribution in [0.15, 0.2) is 23.1 Å². The first kappa shape index (κ1) is 20.6. The van der Waals surface area contributed by atoms with Gasteiger partial charge >= 0.3 is 12.1 Å². The van der Waals surface area contributed by atoms with Crippen LogP contribution in [0.1, 0.15) is 18.1 Å². The third-order valence-electron chi connectivity index (χ3n) is 3.28. The van der Waals surface area contributed by atoms with Gasteiger partial charge in [0.15, 0.2) is 6.10 Å². The molecule has 1 atom stereocenters. The van der Waals surface area contributed by atoms with E-state index >= 15 is 0 Å². The monoisotopic (exact) mass is 372 g/mol. The SMILES string of the molecule is COC(=O)NC(=O)[C@@H](C)OC(=O)CNS(=O)(=O)c1ccc(C)c(C)c1. The topological polar surface area (TPSA) is 128 Å². The molecule has 1 aromatic rings. The zero-order chi connectivity index (χ0) is 19.2. The van der Waals surface area contributed by atoms with Crippen LogP contribution in [0.4, 0.5) is 4.79 Å². The van der Waals surface area contributed by atoms with E-state index in [0.29, 0.717) is 0 Å². The highest BCUT2D eigenvalue weighted by Crippen LogP contribution is 2.14. The largest absolute Gasteiger partial charge is 0.453 e. The Kier molecular flexibility index (Phi) is 7.07. The first-order chi connectivity index (χ1) is 11.6. The molecule has 2 amide bonds. The van der Waals surface area contributed by atoms with Gasteiger partial charge in [-0.1, -0.05) is 6.07 Å². The van der Waals surface area contributed by atoms with E-state index in [1.807, 2.05) is 12.2 Å². The lowest BCUT2D eigenvalue weighted by molar-refractivity contribution is -0.153. The third kappa shape index (κ3) is 6.16. The lowest BCUT2D eigenvalue weighted by Crippen LogP contribution is -2.41. The van der Waals surface area contributed by atoms with Crippen molar-refractivity contribution in [1.29, 1.82) is 0 Å². The van der Waals surface area contributed by atoms with E-state index < -0.39 is 40.6 Å². The van der Waals surface area contributed by atoms with Gasteiger partial charge in [-0.15, -0.1) is 0 Å². The van der Waals surface area contributed by atoms with Crippen molar-refractivity contribution >= 4 is 28.0 Å². The third-order valence-corrected chi connectivity index (χ3v) is 4.68. The van der Waals surface area contributed by atoms with Gasteiger partial charge in [-0.3, -0.25) is 14.9 Å². The van der Waals surface area contributed by atoms with E-state index in [-0.39, 0.29) is 4.90 Å². The van der Waals surface area contributed by atoms with E-state index in [1.54, 1.807) is 13.0 Å². The summed E-state index contributed by atoms with van der Waals surface area (Å²) in [5.41, 5.74) is 1.72. The fraction of sp³-hybridized carbons (Fsp3) is 0.400. The Balaban J connectivity index is 2.61. The Morgan fingerprint density at radius 1 is 1.16 bits per heavy atom. The maximum atomic E-state index is 12.1. The van der Waals surface area contributed by atoms with Crippen molar-refractivity contribution in [1.82, 2.24) is 10.0 Å². The summed E-state index contributed by atoms with van der Waals surface area (Å²) in [6.45, 7) is 4.18. The van der Waals surface area contributed by atoms with Crippen molar-refractivity contribution < 1.29 is 32.3 Å². The number of methoxy groups -OCH3 is 1. The lowest BCUT2D eigenvalue weighted by Gasteiger charge is -2.13. The van der Waals surface area contributed by atoms with E-state index in [2.05, 4.69) is 9.46 Å². The number of alkyl carbamates (subject to hydrolysis) is 1. The summed E-state index contributed by atoms with van der Waals surface area (Å²) >= 11 is 0. The molecule has 0 aliphatic rings. The molecule has 0 fully saturated rings.